The zero-order valence-electron chi connectivity index (χ0n) is 8.60. The molecule has 0 heterocycles. The molecule has 0 saturated heterocycles. The molecule has 2 nitrogen and oxygen atoms in total. The Bertz CT molecular complexity index is 149. The minimum atomic E-state index is -4.25. The van der Waals surface area contributed by atoms with E-state index in [1.54, 1.807) is 0 Å². The van der Waals surface area contributed by atoms with Gasteiger partial charge in [-0.1, -0.05) is 20.3 Å². The maximum absolute atomic E-state index is 11.7. The molecule has 0 fully saturated rings. The summed E-state index contributed by atoms with van der Waals surface area (Å²) in [5.41, 5.74) is 5.59. The predicted molar refractivity (Wildman–Crippen MR) is 48.9 cm³/mol. The topological polar surface area (TPSA) is 35.2 Å². The summed E-state index contributed by atoms with van der Waals surface area (Å²) in [6, 6.07) is -0.299. The van der Waals surface area contributed by atoms with E-state index in [1.165, 1.54) is 0 Å². The van der Waals surface area contributed by atoms with Gasteiger partial charge in [0.2, 0.25) is 0 Å². The van der Waals surface area contributed by atoms with E-state index in [0.717, 1.165) is 6.42 Å². The van der Waals surface area contributed by atoms with E-state index < -0.39 is 12.8 Å². The standard InChI is InChI=1S/C9H18F3NO/c1-3-7(2)4-8(13)5-14-6-9(10,11)12/h7-8H,3-6,13H2,1-2H3. The van der Waals surface area contributed by atoms with Gasteiger partial charge in [0.05, 0.1) is 6.61 Å². The van der Waals surface area contributed by atoms with Crippen LogP contribution in [0.2, 0.25) is 0 Å². The Morgan fingerprint density at radius 1 is 1.36 bits per heavy atom. The van der Waals surface area contributed by atoms with Crippen molar-refractivity contribution in [1.82, 2.24) is 0 Å². The minimum Gasteiger partial charge on any atom is -0.370 e. The molecule has 0 aliphatic rings. The Labute approximate surface area is 82.6 Å². The highest BCUT2D eigenvalue weighted by molar-refractivity contribution is 4.64. The summed E-state index contributed by atoms with van der Waals surface area (Å²) in [6.07, 6.45) is -2.57. The van der Waals surface area contributed by atoms with E-state index in [1.807, 2.05) is 13.8 Å². The van der Waals surface area contributed by atoms with Gasteiger partial charge in [0.15, 0.2) is 0 Å². The normalized spacial score (nSPS) is 16.7. The second kappa shape index (κ2) is 6.24. The van der Waals surface area contributed by atoms with Crippen molar-refractivity contribution < 1.29 is 17.9 Å². The Morgan fingerprint density at radius 2 is 1.93 bits per heavy atom. The highest BCUT2D eigenvalue weighted by Crippen LogP contribution is 2.15. The van der Waals surface area contributed by atoms with Crippen LogP contribution in [0.1, 0.15) is 26.7 Å². The van der Waals surface area contributed by atoms with E-state index in [0.29, 0.717) is 12.3 Å². The van der Waals surface area contributed by atoms with Crippen LogP contribution in [0.4, 0.5) is 13.2 Å². The van der Waals surface area contributed by atoms with Crippen molar-refractivity contribution in [3.05, 3.63) is 0 Å². The molecule has 0 bridgehead atoms. The summed E-state index contributed by atoms with van der Waals surface area (Å²) in [7, 11) is 0. The zero-order valence-corrected chi connectivity index (χ0v) is 8.60. The van der Waals surface area contributed by atoms with Crippen molar-refractivity contribution in [2.45, 2.75) is 38.9 Å². The van der Waals surface area contributed by atoms with Gasteiger partial charge < -0.3 is 10.5 Å². The summed E-state index contributed by atoms with van der Waals surface area (Å²) in [4.78, 5) is 0. The van der Waals surface area contributed by atoms with Crippen molar-refractivity contribution in [2.75, 3.05) is 13.2 Å². The Kier molecular flexibility index (Phi) is 6.11. The first kappa shape index (κ1) is 13.7. The van der Waals surface area contributed by atoms with E-state index in [9.17, 15) is 13.2 Å². The van der Waals surface area contributed by atoms with Gasteiger partial charge in [0.1, 0.15) is 6.61 Å². The summed E-state index contributed by atoms with van der Waals surface area (Å²) in [6.45, 7) is 2.81. The average Bonchev–Trinajstić information content (AvgIpc) is 2.01. The van der Waals surface area contributed by atoms with Crippen LogP contribution in [0.25, 0.3) is 0 Å². The third-order valence-corrected chi connectivity index (χ3v) is 2.00. The van der Waals surface area contributed by atoms with Crippen LogP contribution in [-0.4, -0.2) is 25.4 Å². The third kappa shape index (κ3) is 8.31. The molecule has 0 aromatic heterocycles. The molecule has 0 aromatic rings. The monoisotopic (exact) mass is 213 g/mol. The fourth-order valence-electron chi connectivity index (χ4n) is 1.08. The lowest BCUT2D eigenvalue weighted by molar-refractivity contribution is -0.174. The summed E-state index contributed by atoms with van der Waals surface area (Å²) in [5.74, 6) is 0.430. The lowest BCUT2D eigenvalue weighted by Gasteiger charge is -2.16. The van der Waals surface area contributed by atoms with Crippen molar-refractivity contribution >= 4 is 0 Å². The lowest BCUT2D eigenvalue weighted by atomic mass is 10.0. The van der Waals surface area contributed by atoms with Gasteiger partial charge in [-0.05, 0) is 12.3 Å². The van der Waals surface area contributed by atoms with Gasteiger partial charge in [-0.25, -0.2) is 0 Å². The van der Waals surface area contributed by atoms with Crippen LogP contribution in [0, 0.1) is 5.92 Å². The molecule has 0 rings (SSSR count). The Balaban J connectivity index is 3.49. The molecule has 0 saturated carbocycles. The highest BCUT2D eigenvalue weighted by Gasteiger charge is 2.27. The molecule has 0 aromatic carbocycles. The minimum absolute atomic E-state index is 0.0240. The van der Waals surface area contributed by atoms with Crippen molar-refractivity contribution in [3.8, 4) is 0 Å². The van der Waals surface area contributed by atoms with Crippen molar-refractivity contribution in [1.29, 1.82) is 0 Å². The largest absolute Gasteiger partial charge is 0.411 e. The number of rotatable bonds is 6. The average molecular weight is 213 g/mol. The number of halogens is 3. The van der Waals surface area contributed by atoms with Crippen molar-refractivity contribution in [3.63, 3.8) is 0 Å². The van der Waals surface area contributed by atoms with Gasteiger partial charge in [-0.3, -0.25) is 0 Å². The van der Waals surface area contributed by atoms with Crippen LogP contribution in [0.3, 0.4) is 0 Å². The van der Waals surface area contributed by atoms with Gasteiger partial charge in [0.25, 0.3) is 0 Å². The molecule has 2 atom stereocenters. The number of hydrogen-bond acceptors (Lipinski definition) is 2. The number of ether oxygens (including phenoxy) is 1. The second-order valence-corrected chi connectivity index (χ2v) is 3.64. The quantitative estimate of drug-likeness (QED) is 0.735. The Morgan fingerprint density at radius 3 is 2.36 bits per heavy atom. The van der Waals surface area contributed by atoms with Crippen molar-refractivity contribution in [2.24, 2.45) is 11.7 Å². The first-order valence-electron chi connectivity index (χ1n) is 4.75. The maximum atomic E-state index is 11.7. The maximum Gasteiger partial charge on any atom is 0.411 e. The first-order chi connectivity index (χ1) is 6.35. The molecule has 0 spiro atoms. The second-order valence-electron chi connectivity index (χ2n) is 3.64. The molecule has 2 unspecified atom stereocenters. The summed E-state index contributed by atoms with van der Waals surface area (Å²) < 4.78 is 39.5. The number of hydrogen-bond donors (Lipinski definition) is 1. The molecule has 86 valence electrons. The van der Waals surface area contributed by atoms with Gasteiger partial charge >= 0.3 is 6.18 Å². The molecule has 14 heavy (non-hydrogen) atoms. The smallest absolute Gasteiger partial charge is 0.370 e. The molecule has 2 N–H and O–H groups in total. The van der Waals surface area contributed by atoms with E-state index >= 15 is 0 Å². The zero-order chi connectivity index (χ0) is 11.2. The predicted octanol–water partition coefficient (Wildman–Crippen LogP) is 2.33. The van der Waals surface area contributed by atoms with Crippen LogP contribution >= 0.6 is 0 Å². The molecule has 0 aliphatic carbocycles. The third-order valence-electron chi connectivity index (χ3n) is 2.00. The van der Waals surface area contributed by atoms with Crippen LogP contribution in [-0.2, 0) is 4.74 Å². The van der Waals surface area contributed by atoms with Crippen LogP contribution in [0.5, 0.6) is 0 Å². The molecular weight excluding hydrogens is 195 g/mol. The van der Waals surface area contributed by atoms with E-state index in [4.69, 9.17) is 5.73 Å². The van der Waals surface area contributed by atoms with Gasteiger partial charge in [0, 0.05) is 6.04 Å². The fraction of sp³-hybridized carbons (Fsp3) is 1.00. The summed E-state index contributed by atoms with van der Waals surface area (Å²) >= 11 is 0. The van der Waals surface area contributed by atoms with Crippen LogP contribution < -0.4 is 5.73 Å². The van der Waals surface area contributed by atoms with E-state index in [-0.39, 0.29) is 12.6 Å². The molecular formula is C9H18F3NO. The number of nitrogens with two attached hydrogens (primary N) is 1. The summed E-state index contributed by atoms with van der Waals surface area (Å²) in [5, 5.41) is 0. The molecule has 0 radical (unpaired) electrons. The molecule has 0 amide bonds. The lowest BCUT2D eigenvalue weighted by Crippen LogP contribution is -2.30. The van der Waals surface area contributed by atoms with E-state index in [2.05, 4.69) is 4.74 Å². The molecule has 5 heteroatoms. The fourth-order valence-corrected chi connectivity index (χ4v) is 1.08. The number of alkyl halides is 3. The van der Waals surface area contributed by atoms with Gasteiger partial charge in [-0.15, -0.1) is 0 Å². The first-order valence-corrected chi connectivity index (χ1v) is 4.75. The Hall–Kier alpha value is -0.290. The van der Waals surface area contributed by atoms with Gasteiger partial charge in [-0.2, -0.15) is 13.2 Å². The molecule has 0 aliphatic heterocycles. The van der Waals surface area contributed by atoms with Crippen LogP contribution in [0.15, 0.2) is 0 Å². The highest BCUT2D eigenvalue weighted by atomic mass is 19.4. The SMILES string of the molecule is CCC(C)CC(N)COCC(F)(F)F.